The lowest BCUT2D eigenvalue weighted by Crippen LogP contribution is -2.13. The Labute approximate surface area is 148 Å². The first-order valence-electron chi connectivity index (χ1n) is 7.79. The van der Waals surface area contributed by atoms with Gasteiger partial charge in [-0.15, -0.1) is 11.3 Å². The molecule has 0 spiro atoms. The van der Waals surface area contributed by atoms with Crippen molar-refractivity contribution in [3.05, 3.63) is 63.7 Å². The van der Waals surface area contributed by atoms with Crippen LogP contribution in [-0.2, 0) is 6.42 Å². The van der Waals surface area contributed by atoms with E-state index in [0.717, 1.165) is 16.9 Å². The predicted octanol–water partition coefficient (Wildman–Crippen LogP) is 4.11. The Balaban J connectivity index is 1.65. The van der Waals surface area contributed by atoms with Crippen LogP contribution >= 0.6 is 11.3 Å². The maximum Gasteiger partial charge on any atom is 0.266 e. The molecule has 0 aliphatic heterocycles. The zero-order valence-corrected chi connectivity index (χ0v) is 14.6. The molecule has 0 saturated carbocycles. The molecular formula is C18H17N3O3S. The average Bonchev–Trinajstić information content (AvgIpc) is 3.25. The van der Waals surface area contributed by atoms with Crippen LogP contribution in [0.3, 0.4) is 0 Å². The van der Waals surface area contributed by atoms with Gasteiger partial charge in [-0.1, -0.05) is 12.1 Å². The van der Waals surface area contributed by atoms with Gasteiger partial charge in [0.15, 0.2) is 0 Å². The van der Waals surface area contributed by atoms with Gasteiger partial charge in [0.25, 0.3) is 11.8 Å². The molecule has 3 aromatic rings. The van der Waals surface area contributed by atoms with Gasteiger partial charge in [-0.3, -0.25) is 9.59 Å². The van der Waals surface area contributed by atoms with Crippen LogP contribution in [0.2, 0.25) is 0 Å². The Bertz CT molecular complexity index is 896. The van der Waals surface area contributed by atoms with Crippen molar-refractivity contribution in [3.8, 4) is 0 Å². The highest BCUT2D eigenvalue weighted by Gasteiger charge is 2.14. The van der Waals surface area contributed by atoms with E-state index in [2.05, 4.69) is 15.8 Å². The summed E-state index contributed by atoms with van der Waals surface area (Å²) in [6, 6.07) is 8.91. The van der Waals surface area contributed by atoms with Crippen molar-refractivity contribution < 1.29 is 14.1 Å². The quantitative estimate of drug-likeness (QED) is 0.721. The molecule has 3 rings (SSSR count). The van der Waals surface area contributed by atoms with E-state index in [9.17, 15) is 9.59 Å². The maximum atomic E-state index is 12.3. The van der Waals surface area contributed by atoms with Gasteiger partial charge in [0.05, 0.1) is 11.1 Å². The Kier molecular flexibility index (Phi) is 4.95. The minimum atomic E-state index is -0.290. The van der Waals surface area contributed by atoms with Crippen LogP contribution in [0.15, 0.2) is 46.4 Å². The number of benzene rings is 1. The second kappa shape index (κ2) is 7.31. The van der Waals surface area contributed by atoms with Crippen molar-refractivity contribution >= 4 is 34.5 Å². The molecule has 6 nitrogen and oxygen atoms in total. The van der Waals surface area contributed by atoms with Gasteiger partial charge in [0, 0.05) is 11.4 Å². The minimum Gasteiger partial charge on any atom is -0.361 e. The number of hydrogen-bond acceptors (Lipinski definition) is 5. The third-order valence-electron chi connectivity index (χ3n) is 3.73. The number of anilines is 2. The monoisotopic (exact) mass is 355 g/mol. The van der Waals surface area contributed by atoms with Crippen LogP contribution in [0.4, 0.5) is 11.4 Å². The molecule has 0 aliphatic carbocycles. The minimum absolute atomic E-state index is 0.122. The van der Waals surface area contributed by atoms with Crippen molar-refractivity contribution in [3.63, 3.8) is 0 Å². The second-order valence-electron chi connectivity index (χ2n) is 5.41. The van der Waals surface area contributed by atoms with Crippen molar-refractivity contribution in [2.75, 3.05) is 10.6 Å². The molecule has 0 bridgehead atoms. The summed E-state index contributed by atoms with van der Waals surface area (Å²) in [5, 5.41) is 11.1. The zero-order chi connectivity index (χ0) is 17.8. The van der Waals surface area contributed by atoms with Gasteiger partial charge in [0.1, 0.15) is 11.3 Å². The zero-order valence-electron chi connectivity index (χ0n) is 13.8. The number of carbonyl (C=O) groups is 2. The Morgan fingerprint density at radius 1 is 1.08 bits per heavy atom. The summed E-state index contributed by atoms with van der Waals surface area (Å²) in [7, 11) is 0. The molecule has 0 radical (unpaired) electrons. The van der Waals surface area contributed by atoms with Crippen molar-refractivity contribution in [2.45, 2.75) is 20.3 Å². The van der Waals surface area contributed by atoms with E-state index in [1.54, 1.807) is 31.2 Å². The fourth-order valence-corrected chi connectivity index (χ4v) is 3.24. The highest BCUT2D eigenvalue weighted by molar-refractivity contribution is 7.12. The van der Waals surface area contributed by atoms with Crippen LogP contribution in [0.5, 0.6) is 0 Å². The number of carbonyl (C=O) groups excluding carboxylic acids is 2. The number of aryl methyl sites for hydroxylation is 2. The maximum absolute atomic E-state index is 12.3. The summed E-state index contributed by atoms with van der Waals surface area (Å²) in [4.78, 5) is 25.2. The molecule has 2 amide bonds. The molecule has 128 valence electrons. The normalized spacial score (nSPS) is 10.5. The van der Waals surface area contributed by atoms with E-state index in [0.29, 0.717) is 22.7 Å². The van der Waals surface area contributed by atoms with Gasteiger partial charge in [0.2, 0.25) is 0 Å². The Hall–Kier alpha value is -2.93. The number of aromatic nitrogens is 1. The largest absolute Gasteiger partial charge is 0.361 e. The SMILES string of the molecule is CCc1ccsc1C(=O)Nc1ccc(NC(=O)c2cnoc2C)cc1. The van der Waals surface area contributed by atoms with Gasteiger partial charge in [-0.05, 0) is 54.6 Å². The first-order chi connectivity index (χ1) is 12.1. The van der Waals surface area contributed by atoms with Gasteiger partial charge >= 0.3 is 0 Å². The van der Waals surface area contributed by atoms with Gasteiger partial charge in [-0.2, -0.15) is 0 Å². The molecule has 0 unspecified atom stereocenters. The first kappa shape index (κ1) is 16.9. The highest BCUT2D eigenvalue weighted by atomic mass is 32.1. The predicted molar refractivity (Wildman–Crippen MR) is 97.3 cm³/mol. The lowest BCUT2D eigenvalue weighted by Gasteiger charge is -2.08. The Morgan fingerprint density at radius 2 is 1.72 bits per heavy atom. The summed E-state index contributed by atoms with van der Waals surface area (Å²) in [6.45, 7) is 3.70. The fraction of sp³-hybridized carbons (Fsp3) is 0.167. The third-order valence-corrected chi connectivity index (χ3v) is 4.69. The molecular weight excluding hydrogens is 338 g/mol. The standard InChI is InChI=1S/C18H17N3O3S/c1-3-12-8-9-25-16(12)18(23)21-14-6-4-13(5-7-14)20-17(22)15-10-19-24-11(15)2/h4-10H,3H2,1-2H3,(H,20,22)(H,21,23). The van der Waals surface area contributed by atoms with E-state index in [-0.39, 0.29) is 11.8 Å². The fourth-order valence-electron chi connectivity index (χ4n) is 2.35. The second-order valence-corrected chi connectivity index (χ2v) is 6.33. The number of hydrogen-bond donors (Lipinski definition) is 2. The summed E-state index contributed by atoms with van der Waals surface area (Å²) in [5.41, 5.74) is 2.71. The number of rotatable bonds is 5. The highest BCUT2D eigenvalue weighted by Crippen LogP contribution is 2.20. The molecule has 25 heavy (non-hydrogen) atoms. The van der Waals surface area contributed by atoms with E-state index in [1.165, 1.54) is 17.5 Å². The molecule has 7 heteroatoms. The summed E-state index contributed by atoms with van der Waals surface area (Å²) in [6.07, 6.45) is 2.20. The molecule has 0 fully saturated rings. The van der Waals surface area contributed by atoms with E-state index in [1.807, 2.05) is 18.4 Å². The molecule has 0 atom stereocenters. The first-order valence-corrected chi connectivity index (χ1v) is 8.67. The number of amides is 2. The molecule has 0 saturated heterocycles. The van der Waals surface area contributed by atoms with Crippen LogP contribution in [0, 0.1) is 6.92 Å². The van der Waals surface area contributed by atoms with Crippen LogP contribution in [0.1, 0.15) is 38.3 Å². The molecule has 2 heterocycles. The van der Waals surface area contributed by atoms with Crippen LogP contribution < -0.4 is 10.6 Å². The summed E-state index contributed by atoms with van der Waals surface area (Å²) >= 11 is 1.43. The van der Waals surface area contributed by atoms with E-state index >= 15 is 0 Å². The van der Waals surface area contributed by atoms with Crippen molar-refractivity contribution in [1.29, 1.82) is 0 Å². The molecule has 0 aliphatic rings. The van der Waals surface area contributed by atoms with Crippen LogP contribution in [0.25, 0.3) is 0 Å². The van der Waals surface area contributed by atoms with Crippen molar-refractivity contribution in [2.24, 2.45) is 0 Å². The molecule has 1 aromatic carbocycles. The van der Waals surface area contributed by atoms with Gasteiger partial charge < -0.3 is 15.2 Å². The number of nitrogens with zero attached hydrogens (tertiary/aromatic N) is 1. The third kappa shape index (κ3) is 3.77. The topological polar surface area (TPSA) is 84.2 Å². The lowest BCUT2D eigenvalue weighted by molar-refractivity contribution is 0.101. The van der Waals surface area contributed by atoms with E-state index < -0.39 is 0 Å². The number of thiophene rings is 1. The molecule has 2 aromatic heterocycles. The van der Waals surface area contributed by atoms with Gasteiger partial charge in [-0.25, -0.2) is 0 Å². The summed E-state index contributed by atoms with van der Waals surface area (Å²) in [5.74, 6) is 0.0505. The molecule has 2 N–H and O–H groups in total. The number of nitrogens with one attached hydrogen (secondary N) is 2. The van der Waals surface area contributed by atoms with Crippen LogP contribution in [-0.4, -0.2) is 17.0 Å². The van der Waals surface area contributed by atoms with Crippen molar-refractivity contribution in [1.82, 2.24) is 5.16 Å². The summed E-state index contributed by atoms with van der Waals surface area (Å²) < 4.78 is 4.88. The lowest BCUT2D eigenvalue weighted by atomic mass is 10.2. The Morgan fingerprint density at radius 3 is 2.28 bits per heavy atom. The average molecular weight is 355 g/mol. The smallest absolute Gasteiger partial charge is 0.266 e. The van der Waals surface area contributed by atoms with E-state index in [4.69, 9.17) is 4.52 Å².